The fraction of sp³-hybridized carbons (Fsp3) is 0.188. The lowest BCUT2D eigenvalue weighted by Gasteiger charge is -2.26. The third kappa shape index (κ3) is 5.52. The highest BCUT2D eigenvalue weighted by atomic mass is 16.6. The number of fused-ring (bicyclic) bond motifs is 1. The molecule has 3 aliphatic rings. The number of carbonyl (C=O) groups excluding carboxylic acids is 4. The van der Waals surface area contributed by atoms with Crippen molar-refractivity contribution >= 4 is 58.2 Å². The summed E-state index contributed by atoms with van der Waals surface area (Å²) < 4.78 is 0. The molecule has 3 heterocycles. The van der Waals surface area contributed by atoms with Gasteiger partial charge < -0.3 is 15.5 Å². The third-order valence-corrected chi connectivity index (χ3v) is 7.85. The molecule has 12 nitrogen and oxygen atoms in total. The van der Waals surface area contributed by atoms with E-state index in [1.54, 1.807) is 30.3 Å². The number of non-ortho nitro benzene ring substituents is 1. The maximum atomic E-state index is 13.3. The van der Waals surface area contributed by atoms with Gasteiger partial charge in [-0.1, -0.05) is 36.4 Å². The number of benzene rings is 3. The summed E-state index contributed by atoms with van der Waals surface area (Å²) in [4.78, 5) is 63.6. The summed E-state index contributed by atoms with van der Waals surface area (Å²) in [7, 11) is 1.50. The van der Waals surface area contributed by atoms with Gasteiger partial charge in [-0.05, 0) is 53.8 Å². The Hall–Kier alpha value is -5.78. The molecule has 3 aromatic carbocycles. The molecule has 0 radical (unpaired) electrons. The predicted molar refractivity (Wildman–Crippen MR) is 164 cm³/mol. The van der Waals surface area contributed by atoms with E-state index in [9.17, 15) is 29.3 Å². The van der Waals surface area contributed by atoms with E-state index in [1.807, 2.05) is 29.2 Å². The molecule has 222 valence electrons. The molecule has 0 aliphatic carbocycles. The van der Waals surface area contributed by atoms with E-state index in [2.05, 4.69) is 16.0 Å². The summed E-state index contributed by atoms with van der Waals surface area (Å²) in [6, 6.07) is 18.3. The van der Waals surface area contributed by atoms with Crippen molar-refractivity contribution in [3.8, 4) is 0 Å². The summed E-state index contributed by atoms with van der Waals surface area (Å²) in [5.74, 6) is -0.761. The Morgan fingerprint density at radius 1 is 0.955 bits per heavy atom. The van der Waals surface area contributed by atoms with Crippen LogP contribution < -0.4 is 16.0 Å². The fourth-order valence-electron chi connectivity index (χ4n) is 5.46. The Labute approximate surface area is 252 Å². The van der Waals surface area contributed by atoms with Crippen LogP contribution in [0.4, 0.5) is 21.9 Å². The molecule has 0 spiro atoms. The number of anilines is 2. The Balaban J connectivity index is 1.36. The number of likely N-dealkylation sites (N-methyl/N-ethyl adjacent to an activating group) is 1. The molecule has 3 N–H and O–H groups in total. The molecule has 2 fully saturated rings. The molecule has 0 bridgehead atoms. The monoisotopic (exact) mass is 592 g/mol. The van der Waals surface area contributed by atoms with Crippen LogP contribution >= 0.6 is 0 Å². The molecule has 5 amide bonds. The first kappa shape index (κ1) is 28.3. The summed E-state index contributed by atoms with van der Waals surface area (Å²) >= 11 is 0. The lowest BCUT2D eigenvalue weighted by Crippen LogP contribution is -2.34. The first-order valence-electron chi connectivity index (χ1n) is 14.1. The lowest BCUT2D eigenvalue weighted by molar-refractivity contribution is -0.384. The topological polar surface area (TPSA) is 154 Å². The average molecular weight is 593 g/mol. The molecule has 0 saturated carbocycles. The van der Waals surface area contributed by atoms with Crippen molar-refractivity contribution in [3.05, 3.63) is 105 Å². The highest BCUT2D eigenvalue weighted by molar-refractivity contribution is 6.37. The van der Waals surface area contributed by atoms with Gasteiger partial charge in [0.05, 0.1) is 16.2 Å². The van der Waals surface area contributed by atoms with E-state index in [-0.39, 0.29) is 22.9 Å². The van der Waals surface area contributed by atoms with Crippen molar-refractivity contribution in [2.24, 2.45) is 0 Å². The number of piperidine rings is 1. The number of rotatable bonds is 7. The molecule has 3 aliphatic heterocycles. The Kier molecular flexibility index (Phi) is 7.39. The molecule has 12 heteroatoms. The average Bonchev–Trinajstić information content (AvgIpc) is 3.46. The van der Waals surface area contributed by atoms with E-state index in [4.69, 9.17) is 0 Å². The quantitative estimate of drug-likeness (QED) is 0.157. The normalized spacial score (nSPS) is 18.3. The summed E-state index contributed by atoms with van der Waals surface area (Å²) in [5.41, 5.74) is 4.51. The van der Waals surface area contributed by atoms with Gasteiger partial charge in [-0.25, -0.2) is 4.79 Å². The number of imide groups is 1. The summed E-state index contributed by atoms with van der Waals surface area (Å²) in [5, 5.41) is 19.9. The van der Waals surface area contributed by atoms with Gasteiger partial charge in [0, 0.05) is 55.6 Å². The van der Waals surface area contributed by atoms with E-state index in [0.29, 0.717) is 46.7 Å². The molecular weight excluding hydrogens is 564 g/mol. The zero-order valence-corrected chi connectivity index (χ0v) is 23.8. The van der Waals surface area contributed by atoms with Gasteiger partial charge in [0.25, 0.3) is 17.5 Å². The van der Waals surface area contributed by atoms with Crippen LogP contribution in [0.2, 0.25) is 0 Å². The van der Waals surface area contributed by atoms with Crippen molar-refractivity contribution in [3.63, 3.8) is 0 Å². The molecule has 0 aromatic heterocycles. The van der Waals surface area contributed by atoms with Crippen molar-refractivity contribution in [1.82, 2.24) is 15.1 Å². The number of hydrogen-bond acceptors (Lipinski definition) is 7. The summed E-state index contributed by atoms with van der Waals surface area (Å²) in [6.07, 6.45) is 4.03. The minimum absolute atomic E-state index is 0.136. The molecule has 3 aromatic rings. The summed E-state index contributed by atoms with van der Waals surface area (Å²) in [6.45, 7) is 1.21. The number of carbonyl (C=O) groups is 4. The zero-order chi connectivity index (χ0) is 31.0. The largest absolute Gasteiger partial charge is 0.354 e. The second-order valence-electron chi connectivity index (χ2n) is 10.8. The van der Waals surface area contributed by atoms with Gasteiger partial charge in [-0.2, -0.15) is 0 Å². The van der Waals surface area contributed by atoms with Crippen LogP contribution in [0.5, 0.6) is 0 Å². The first-order chi connectivity index (χ1) is 21.2. The van der Waals surface area contributed by atoms with Crippen molar-refractivity contribution < 1.29 is 24.1 Å². The van der Waals surface area contributed by atoms with Gasteiger partial charge in [0.1, 0.15) is 5.70 Å². The number of nitrogens with zero attached hydrogens (tertiary/aromatic N) is 3. The van der Waals surface area contributed by atoms with Crippen LogP contribution in [-0.4, -0.2) is 52.1 Å². The minimum Gasteiger partial charge on any atom is -0.354 e. The Bertz CT molecular complexity index is 1780. The number of likely N-dealkylation sites (tertiary alicyclic amines) is 1. The van der Waals surface area contributed by atoms with Gasteiger partial charge in [0.15, 0.2) is 0 Å². The van der Waals surface area contributed by atoms with Crippen LogP contribution in [0.3, 0.4) is 0 Å². The highest BCUT2D eigenvalue weighted by Crippen LogP contribution is 2.39. The number of hydrogen-bond donors (Lipinski definition) is 3. The molecule has 0 atom stereocenters. The smallest absolute Gasteiger partial charge is 0.328 e. The molecule has 2 saturated heterocycles. The number of urea groups is 1. The number of nitrogens with one attached hydrogen (secondary N) is 3. The molecule has 6 rings (SSSR count). The maximum absolute atomic E-state index is 13.3. The fourth-order valence-corrected chi connectivity index (χ4v) is 5.46. The van der Waals surface area contributed by atoms with Crippen LogP contribution in [0, 0.1) is 10.1 Å². The maximum Gasteiger partial charge on any atom is 0.328 e. The van der Waals surface area contributed by atoms with E-state index in [0.717, 1.165) is 24.9 Å². The van der Waals surface area contributed by atoms with Gasteiger partial charge in [-0.3, -0.25) is 34.7 Å². The number of nitro groups is 1. The van der Waals surface area contributed by atoms with Crippen molar-refractivity contribution in [2.75, 3.05) is 24.2 Å². The highest BCUT2D eigenvalue weighted by Gasteiger charge is 2.31. The first-order valence-corrected chi connectivity index (χ1v) is 14.1. The molecular formula is C32H28N6O6. The van der Waals surface area contributed by atoms with Gasteiger partial charge in [-0.15, -0.1) is 0 Å². The standard InChI is InChI=1S/C32H28N6O6/c1-36-26(30(40)35-32(36)42)16-19-7-11-22(12-8-19)33-29(28-24-17-23(38(43)44)13-14-25(24)34-31(28)41)21-9-5-20(6-10-21)18-37-15-3-2-4-27(37)39/h5-14,16-17,33H,2-4,15,18H2,1H3,(H,34,41)(H,35,40,42)/b26-16-,29-28-. The van der Waals surface area contributed by atoms with Crippen LogP contribution in [0.25, 0.3) is 17.3 Å². The molecule has 0 unspecified atom stereocenters. The van der Waals surface area contributed by atoms with Crippen LogP contribution in [-0.2, 0) is 20.9 Å². The Morgan fingerprint density at radius 3 is 2.36 bits per heavy atom. The van der Waals surface area contributed by atoms with Crippen LogP contribution in [0.15, 0.2) is 72.4 Å². The van der Waals surface area contributed by atoms with Gasteiger partial charge >= 0.3 is 6.03 Å². The van der Waals surface area contributed by atoms with E-state index < -0.39 is 22.8 Å². The van der Waals surface area contributed by atoms with E-state index >= 15 is 0 Å². The SMILES string of the molecule is CN1C(=O)NC(=O)/C1=C/c1ccc(N/C(=C2\C(=O)Nc3ccc([N+](=O)[O-])cc32)c2ccc(CN3CCCCC3=O)cc2)cc1. The lowest BCUT2D eigenvalue weighted by atomic mass is 9.98. The second-order valence-corrected chi connectivity index (χ2v) is 10.8. The van der Waals surface area contributed by atoms with Gasteiger partial charge in [0.2, 0.25) is 5.91 Å². The number of amides is 5. The van der Waals surface area contributed by atoms with Crippen molar-refractivity contribution in [1.29, 1.82) is 0 Å². The van der Waals surface area contributed by atoms with E-state index in [1.165, 1.54) is 30.1 Å². The number of nitro benzene ring substituents is 1. The van der Waals surface area contributed by atoms with Crippen LogP contribution in [0.1, 0.15) is 41.5 Å². The molecule has 44 heavy (non-hydrogen) atoms. The minimum atomic E-state index is -0.507. The Morgan fingerprint density at radius 2 is 1.70 bits per heavy atom. The zero-order valence-electron chi connectivity index (χ0n) is 23.8. The predicted octanol–water partition coefficient (Wildman–Crippen LogP) is 4.56. The third-order valence-electron chi connectivity index (χ3n) is 7.85. The second kappa shape index (κ2) is 11.5. The van der Waals surface area contributed by atoms with Crippen molar-refractivity contribution in [2.45, 2.75) is 25.8 Å².